The van der Waals surface area contributed by atoms with Gasteiger partial charge in [0.1, 0.15) is 18.2 Å². The number of benzene rings is 3. The van der Waals surface area contributed by atoms with Crippen LogP contribution in [0.4, 0.5) is 23.2 Å². The second-order valence-corrected chi connectivity index (χ2v) is 8.55. The van der Waals surface area contributed by atoms with Crippen molar-refractivity contribution in [3.63, 3.8) is 0 Å². The molecule has 0 atom stereocenters. The summed E-state index contributed by atoms with van der Waals surface area (Å²) in [6.07, 6.45) is -4.54. The summed E-state index contributed by atoms with van der Waals surface area (Å²) in [6, 6.07) is 17.4. The van der Waals surface area contributed by atoms with Crippen molar-refractivity contribution in [3.05, 3.63) is 112 Å². The number of halogens is 5. The molecule has 4 aromatic rings. The molecule has 0 saturated carbocycles. The van der Waals surface area contributed by atoms with Crippen molar-refractivity contribution in [2.75, 3.05) is 5.32 Å². The Balaban J connectivity index is 1.54. The maximum atomic E-state index is 13.6. The lowest BCUT2D eigenvalue weighted by Gasteiger charge is -2.17. The molecule has 0 bridgehead atoms. The number of rotatable bonds is 6. The molecule has 1 amide bonds. The number of alkyl halides is 3. The van der Waals surface area contributed by atoms with Crippen molar-refractivity contribution in [1.29, 1.82) is 0 Å². The molecule has 0 unspecified atom stereocenters. The van der Waals surface area contributed by atoms with Crippen LogP contribution in [-0.4, -0.2) is 10.5 Å². The number of para-hydroxylation sites is 1. The Hall–Kier alpha value is -3.78. The summed E-state index contributed by atoms with van der Waals surface area (Å²) in [5, 5.41) is 3.00. The van der Waals surface area contributed by atoms with E-state index in [2.05, 4.69) is 5.32 Å². The van der Waals surface area contributed by atoms with Gasteiger partial charge in [-0.3, -0.25) is 4.79 Å². The molecule has 0 aliphatic carbocycles. The normalized spacial score (nSPS) is 11.4. The van der Waals surface area contributed by atoms with Crippen LogP contribution in [-0.2, 0) is 12.8 Å². The number of aromatic nitrogens is 1. The van der Waals surface area contributed by atoms with Crippen LogP contribution in [0.3, 0.4) is 0 Å². The van der Waals surface area contributed by atoms with Gasteiger partial charge in [0.25, 0.3) is 5.91 Å². The van der Waals surface area contributed by atoms with Crippen molar-refractivity contribution in [1.82, 2.24) is 4.57 Å². The summed E-state index contributed by atoms with van der Waals surface area (Å²) in [7, 11) is 0. The van der Waals surface area contributed by atoms with Crippen LogP contribution in [0.25, 0.3) is 5.69 Å². The Morgan fingerprint density at radius 3 is 2.47 bits per heavy atom. The number of aryl methyl sites for hydroxylation is 1. The van der Waals surface area contributed by atoms with Crippen LogP contribution in [0, 0.1) is 19.7 Å². The highest BCUT2D eigenvalue weighted by Crippen LogP contribution is 2.35. The zero-order valence-electron chi connectivity index (χ0n) is 19.3. The molecule has 0 aliphatic rings. The molecular weight excluding hydrogens is 496 g/mol. The third kappa shape index (κ3) is 5.39. The minimum Gasteiger partial charge on any atom is -0.489 e. The van der Waals surface area contributed by atoms with Gasteiger partial charge in [-0.05, 0) is 56.3 Å². The summed E-state index contributed by atoms with van der Waals surface area (Å²) >= 11 is 6.03. The highest BCUT2D eigenvalue weighted by atomic mass is 35.5. The number of nitrogens with zero attached hydrogens (tertiary/aromatic N) is 1. The fourth-order valence-corrected chi connectivity index (χ4v) is 4.16. The molecule has 9 heteroatoms. The van der Waals surface area contributed by atoms with Crippen molar-refractivity contribution in [2.24, 2.45) is 0 Å². The zero-order chi connectivity index (χ0) is 26.0. The van der Waals surface area contributed by atoms with Gasteiger partial charge in [-0.2, -0.15) is 13.2 Å². The van der Waals surface area contributed by atoms with E-state index in [9.17, 15) is 22.4 Å². The van der Waals surface area contributed by atoms with Gasteiger partial charge in [0, 0.05) is 28.7 Å². The molecule has 3 aromatic carbocycles. The molecule has 0 aliphatic heterocycles. The fraction of sp³-hybridized carbons (Fsp3) is 0.148. The number of anilines is 1. The molecular formula is C27H21ClF4N2O2. The zero-order valence-corrected chi connectivity index (χ0v) is 20.0. The third-order valence-corrected chi connectivity index (χ3v) is 5.98. The first-order chi connectivity index (χ1) is 17.0. The van der Waals surface area contributed by atoms with Crippen LogP contribution in [0.5, 0.6) is 5.75 Å². The van der Waals surface area contributed by atoms with Crippen LogP contribution < -0.4 is 10.1 Å². The van der Waals surface area contributed by atoms with Crippen LogP contribution >= 0.6 is 11.6 Å². The second-order valence-electron chi connectivity index (χ2n) is 8.14. The molecule has 0 spiro atoms. The van der Waals surface area contributed by atoms with E-state index in [4.69, 9.17) is 16.3 Å². The Morgan fingerprint density at radius 1 is 1.00 bits per heavy atom. The number of carbonyl (C=O) groups is 1. The van der Waals surface area contributed by atoms with Crippen molar-refractivity contribution >= 4 is 23.2 Å². The molecule has 4 nitrogen and oxygen atoms in total. The highest BCUT2D eigenvalue weighted by Gasteiger charge is 2.34. The van der Waals surface area contributed by atoms with Crippen LogP contribution in [0.2, 0.25) is 5.02 Å². The predicted molar refractivity (Wildman–Crippen MR) is 130 cm³/mol. The van der Waals surface area contributed by atoms with Gasteiger partial charge < -0.3 is 14.6 Å². The van der Waals surface area contributed by atoms with E-state index >= 15 is 0 Å². The summed E-state index contributed by atoms with van der Waals surface area (Å²) in [4.78, 5) is 13.0. The maximum Gasteiger partial charge on any atom is 0.418 e. The Kier molecular flexibility index (Phi) is 7.08. The number of ether oxygens (including phenoxy) is 1. The number of nitrogens with one attached hydrogen (secondary N) is 1. The average Bonchev–Trinajstić information content (AvgIpc) is 3.12. The standard InChI is InChI=1S/C27H21ClF4N2O2/c1-16-12-22(17(2)34(16)25-9-4-3-8-23(25)27(30,31)32)26(35)33-20-6-5-7-21(14-20)36-15-18-10-11-19(29)13-24(18)28/h3-14H,15H2,1-2H3,(H,33,35). The minimum absolute atomic E-state index is 0.0473. The van der Waals surface area contributed by atoms with Gasteiger partial charge in [-0.15, -0.1) is 0 Å². The molecule has 1 heterocycles. The van der Waals surface area contributed by atoms with Crippen molar-refractivity contribution in [3.8, 4) is 11.4 Å². The van der Waals surface area contributed by atoms with Gasteiger partial charge >= 0.3 is 6.18 Å². The molecule has 4 rings (SSSR count). The molecule has 36 heavy (non-hydrogen) atoms. The second kappa shape index (κ2) is 10.1. The minimum atomic E-state index is -4.54. The van der Waals surface area contributed by atoms with E-state index in [1.54, 1.807) is 44.2 Å². The Bertz CT molecular complexity index is 1430. The van der Waals surface area contributed by atoms with Gasteiger partial charge in [0.05, 0.1) is 21.8 Å². The van der Waals surface area contributed by atoms with E-state index < -0.39 is 23.5 Å². The summed E-state index contributed by atoms with van der Waals surface area (Å²) in [5.41, 5.74) is 1.30. The highest BCUT2D eigenvalue weighted by molar-refractivity contribution is 6.31. The first-order valence-electron chi connectivity index (χ1n) is 10.9. The predicted octanol–water partition coefficient (Wildman–Crippen LogP) is 7.74. The maximum absolute atomic E-state index is 13.6. The average molecular weight is 517 g/mol. The number of hydrogen-bond acceptors (Lipinski definition) is 2. The monoisotopic (exact) mass is 516 g/mol. The van der Waals surface area contributed by atoms with E-state index in [1.807, 2.05) is 0 Å². The summed E-state index contributed by atoms with van der Waals surface area (Å²) in [6.45, 7) is 3.34. The summed E-state index contributed by atoms with van der Waals surface area (Å²) < 4.78 is 61.1. The smallest absolute Gasteiger partial charge is 0.418 e. The fourth-order valence-electron chi connectivity index (χ4n) is 3.93. The SMILES string of the molecule is Cc1cc(C(=O)Nc2cccc(OCc3ccc(F)cc3Cl)c2)c(C)n1-c1ccccc1C(F)(F)F. The Labute approximate surface area is 210 Å². The molecule has 0 fully saturated rings. The van der Waals surface area contributed by atoms with E-state index in [0.717, 1.165) is 6.07 Å². The molecule has 0 saturated heterocycles. The lowest BCUT2D eigenvalue weighted by molar-refractivity contribution is -0.137. The van der Waals surface area contributed by atoms with E-state index in [-0.39, 0.29) is 22.9 Å². The van der Waals surface area contributed by atoms with Gasteiger partial charge in [-0.1, -0.05) is 35.9 Å². The van der Waals surface area contributed by atoms with Gasteiger partial charge in [-0.25, -0.2) is 4.39 Å². The topological polar surface area (TPSA) is 43.3 Å². The summed E-state index contributed by atoms with van der Waals surface area (Å²) in [5.74, 6) is -0.481. The molecule has 0 radical (unpaired) electrons. The van der Waals surface area contributed by atoms with Crippen molar-refractivity contribution < 1.29 is 27.1 Å². The third-order valence-electron chi connectivity index (χ3n) is 5.63. The molecule has 1 aromatic heterocycles. The van der Waals surface area contributed by atoms with Crippen LogP contribution in [0.15, 0.2) is 72.8 Å². The van der Waals surface area contributed by atoms with E-state index in [0.29, 0.717) is 28.4 Å². The van der Waals surface area contributed by atoms with Crippen LogP contribution in [0.1, 0.15) is 32.9 Å². The van der Waals surface area contributed by atoms with Gasteiger partial charge in [0.2, 0.25) is 0 Å². The molecule has 1 N–H and O–H groups in total. The number of carbonyl (C=O) groups excluding carboxylic acids is 1. The lowest BCUT2D eigenvalue weighted by atomic mass is 10.1. The lowest BCUT2D eigenvalue weighted by Crippen LogP contribution is -2.15. The Morgan fingerprint density at radius 2 is 1.75 bits per heavy atom. The van der Waals surface area contributed by atoms with E-state index in [1.165, 1.54) is 41.0 Å². The van der Waals surface area contributed by atoms with Gasteiger partial charge in [0.15, 0.2) is 0 Å². The number of hydrogen-bond donors (Lipinski definition) is 1. The van der Waals surface area contributed by atoms with Crippen molar-refractivity contribution in [2.45, 2.75) is 26.6 Å². The first kappa shape index (κ1) is 25.3. The first-order valence-corrected chi connectivity index (χ1v) is 11.3. The largest absolute Gasteiger partial charge is 0.489 e. The molecule has 186 valence electrons. The number of amides is 1. The quantitative estimate of drug-likeness (QED) is 0.266.